The molecule has 1 unspecified atom stereocenters. The van der Waals surface area contributed by atoms with E-state index < -0.39 is 66.9 Å². The molecule has 4 rings (SSSR count). The number of aromatic amines is 1. The highest BCUT2D eigenvalue weighted by atomic mass is 16.4. The Bertz CT molecular complexity index is 1860. The Hall–Kier alpha value is -5.55. The van der Waals surface area contributed by atoms with E-state index in [1.807, 2.05) is 6.07 Å². The van der Waals surface area contributed by atoms with Gasteiger partial charge in [0.1, 0.15) is 11.9 Å². The molecule has 0 spiro atoms. The molecule has 6 N–H and O–H groups in total. The van der Waals surface area contributed by atoms with Gasteiger partial charge in [-0.3, -0.25) is 24.0 Å². The van der Waals surface area contributed by atoms with E-state index in [9.17, 15) is 39.0 Å². The molecular formula is C33H35N5O9. The molecule has 1 aliphatic carbocycles. The number of anilines is 1. The van der Waals surface area contributed by atoms with Crippen LogP contribution in [0.2, 0.25) is 0 Å². The topological polar surface area (TPSA) is 224 Å². The summed E-state index contributed by atoms with van der Waals surface area (Å²) in [5.74, 6) is -3.46. The number of amides is 1. The van der Waals surface area contributed by atoms with Crippen molar-refractivity contribution in [2.24, 2.45) is 5.73 Å². The number of hydrogen-bond acceptors (Lipinski definition) is 9. The maximum Gasteiger partial charge on any atom is 0.337 e. The van der Waals surface area contributed by atoms with Gasteiger partial charge in [-0.05, 0) is 68.0 Å². The number of aromatic nitrogens is 2. The van der Waals surface area contributed by atoms with Crippen molar-refractivity contribution in [1.82, 2.24) is 14.9 Å². The monoisotopic (exact) mass is 645 g/mol. The summed E-state index contributed by atoms with van der Waals surface area (Å²) < 4.78 is 0. The number of hydrogen-bond donors (Lipinski definition) is 5. The summed E-state index contributed by atoms with van der Waals surface area (Å²) in [5, 5.41) is 29.3. The van der Waals surface area contributed by atoms with Crippen molar-refractivity contribution in [3.05, 3.63) is 69.3 Å². The molecule has 246 valence electrons. The molecule has 0 fully saturated rings. The SMILES string of the molecule is C#CCN(c1ccccc1C(=O)N(C)[C@@](CCC(=O)O)(C(=O)O)C(=O)CC[C@H](N)C(=O)O)C1CCc2cc3nc(C)[nH]c(=O)c3cc21. The number of likely N-dealkylation sites (N-methyl/N-ethyl adjacent to an activating group) is 1. The molecule has 0 radical (unpaired) electrons. The number of ketones is 1. The fourth-order valence-corrected chi connectivity index (χ4v) is 6.15. The van der Waals surface area contributed by atoms with Crippen LogP contribution in [0.15, 0.2) is 41.2 Å². The normalized spacial score (nSPS) is 15.6. The predicted molar refractivity (Wildman–Crippen MR) is 170 cm³/mol. The summed E-state index contributed by atoms with van der Waals surface area (Å²) >= 11 is 0. The number of nitrogens with two attached hydrogens (primary N) is 1. The van der Waals surface area contributed by atoms with Gasteiger partial charge in [-0.25, -0.2) is 9.78 Å². The zero-order chi connectivity index (χ0) is 34.6. The number of nitrogens with zero attached hydrogens (tertiary/aromatic N) is 3. The minimum Gasteiger partial charge on any atom is -0.481 e. The summed E-state index contributed by atoms with van der Waals surface area (Å²) in [6, 6.07) is 8.04. The second-order valence-corrected chi connectivity index (χ2v) is 11.5. The summed E-state index contributed by atoms with van der Waals surface area (Å²) in [7, 11) is 1.09. The Balaban J connectivity index is 1.79. The lowest BCUT2D eigenvalue weighted by molar-refractivity contribution is -0.156. The number of benzene rings is 2. The highest BCUT2D eigenvalue weighted by Gasteiger charge is 2.51. The Morgan fingerprint density at radius 1 is 1.15 bits per heavy atom. The number of fused-ring (bicyclic) bond motifs is 2. The average molecular weight is 646 g/mol. The molecule has 1 amide bonds. The number of carbonyl (C=O) groups is 5. The smallest absolute Gasteiger partial charge is 0.337 e. The number of carbonyl (C=O) groups excluding carboxylic acids is 2. The van der Waals surface area contributed by atoms with E-state index in [0.29, 0.717) is 40.2 Å². The lowest BCUT2D eigenvalue weighted by atomic mass is 9.83. The minimum atomic E-state index is -2.65. The molecule has 0 saturated carbocycles. The van der Waals surface area contributed by atoms with Gasteiger partial charge in [-0.15, -0.1) is 6.42 Å². The van der Waals surface area contributed by atoms with Crippen LogP contribution in [-0.4, -0.2) is 85.0 Å². The lowest BCUT2D eigenvalue weighted by Crippen LogP contribution is -2.61. The number of carboxylic acid groups (broad SMARTS) is 3. The largest absolute Gasteiger partial charge is 0.481 e. The number of terminal acetylenes is 1. The second-order valence-electron chi connectivity index (χ2n) is 11.5. The molecule has 1 aromatic heterocycles. The van der Waals surface area contributed by atoms with Gasteiger partial charge in [0.05, 0.1) is 34.7 Å². The number of rotatable bonds is 14. The van der Waals surface area contributed by atoms with E-state index in [-0.39, 0.29) is 23.7 Å². The zero-order valence-corrected chi connectivity index (χ0v) is 25.9. The first kappa shape index (κ1) is 34.3. The van der Waals surface area contributed by atoms with Crippen molar-refractivity contribution < 1.29 is 39.3 Å². The molecule has 1 heterocycles. The maximum atomic E-state index is 14.2. The maximum absolute atomic E-state index is 14.2. The van der Waals surface area contributed by atoms with E-state index in [1.165, 1.54) is 6.07 Å². The third-order valence-electron chi connectivity index (χ3n) is 8.61. The van der Waals surface area contributed by atoms with Crippen molar-refractivity contribution in [3.8, 4) is 12.3 Å². The van der Waals surface area contributed by atoms with E-state index in [0.717, 1.165) is 18.2 Å². The molecule has 14 nitrogen and oxygen atoms in total. The predicted octanol–water partition coefficient (Wildman–Crippen LogP) is 1.88. The molecule has 2 aromatic carbocycles. The standard InChI is InChI=1S/C33H35N5O9/c1-4-15-38(26-11-9-19-16-24-22(17-21(19)26)29(42)36-18(2)35-24)25-8-6-5-7-20(25)30(43)37(3)33(32(46)47,14-13-28(40)41)27(39)12-10-23(34)31(44)45/h1,5-8,16-17,23,26H,9-15,34H2,2-3H3,(H,40,41)(H,44,45)(H,46,47)(H,35,36,42)/t23-,26?,33+/m0/s1. The molecule has 14 heteroatoms. The summed E-state index contributed by atoms with van der Waals surface area (Å²) in [6.45, 7) is 1.71. The van der Waals surface area contributed by atoms with Crippen molar-refractivity contribution in [3.63, 3.8) is 0 Å². The van der Waals surface area contributed by atoms with E-state index in [4.69, 9.17) is 17.3 Å². The number of H-pyrrole nitrogens is 1. The van der Waals surface area contributed by atoms with Crippen LogP contribution in [0.3, 0.4) is 0 Å². The van der Waals surface area contributed by atoms with Crippen LogP contribution in [-0.2, 0) is 25.6 Å². The molecule has 0 aliphatic heterocycles. The molecular weight excluding hydrogens is 610 g/mol. The van der Waals surface area contributed by atoms with Gasteiger partial charge in [-0.2, -0.15) is 0 Å². The van der Waals surface area contributed by atoms with Crippen LogP contribution >= 0.6 is 0 Å². The Morgan fingerprint density at radius 2 is 1.85 bits per heavy atom. The van der Waals surface area contributed by atoms with Crippen LogP contribution in [0.4, 0.5) is 5.69 Å². The third kappa shape index (κ3) is 6.70. The zero-order valence-electron chi connectivity index (χ0n) is 25.9. The highest BCUT2D eigenvalue weighted by Crippen LogP contribution is 2.41. The van der Waals surface area contributed by atoms with Crippen LogP contribution in [0.1, 0.15) is 65.5 Å². The van der Waals surface area contributed by atoms with Crippen molar-refractivity contribution in [1.29, 1.82) is 0 Å². The van der Waals surface area contributed by atoms with Gasteiger partial charge < -0.3 is 35.8 Å². The van der Waals surface area contributed by atoms with Gasteiger partial charge in [0.15, 0.2) is 11.3 Å². The Morgan fingerprint density at radius 3 is 2.49 bits per heavy atom. The van der Waals surface area contributed by atoms with Crippen molar-refractivity contribution >= 4 is 46.2 Å². The summed E-state index contributed by atoms with van der Waals surface area (Å²) in [6.07, 6.45) is 4.37. The van der Waals surface area contributed by atoms with Crippen LogP contribution in [0.5, 0.6) is 0 Å². The molecule has 3 aromatic rings. The Kier molecular flexibility index (Phi) is 10.1. The Labute approximate surface area is 269 Å². The van der Waals surface area contributed by atoms with E-state index in [2.05, 4.69) is 15.9 Å². The van der Waals surface area contributed by atoms with Gasteiger partial charge >= 0.3 is 17.9 Å². The second kappa shape index (κ2) is 13.8. The van der Waals surface area contributed by atoms with Crippen LogP contribution in [0, 0.1) is 19.3 Å². The van der Waals surface area contributed by atoms with E-state index in [1.54, 1.807) is 36.1 Å². The first-order valence-electron chi connectivity index (χ1n) is 14.8. The number of aryl methyl sites for hydroxylation is 2. The highest BCUT2D eigenvalue weighted by molar-refractivity contribution is 6.13. The van der Waals surface area contributed by atoms with Crippen LogP contribution in [0.25, 0.3) is 10.9 Å². The molecule has 1 aliphatic rings. The minimum absolute atomic E-state index is 0.00869. The van der Waals surface area contributed by atoms with Gasteiger partial charge in [0, 0.05) is 19.9 Å². The molecule has 0 bridgehead atoms. The number of para-hydroxylation sites is 1. The molecule has 0 saturated heterocycles. The number of nitrogens with one attached hydrogen (secondary N) is 1. The average Bonchev–Trinajstić information content (AvgIpc) is 3.43. The molecule has 47 heavy (non-hydrogen) atoms. The first-order chi connectivity index (χ1) is 22.2. The van der Waals surface area contributed by atoms with E-state index >= 15 is 0 Å². The van der Waals surface area contributed by atoms with Crippen LogP contribution < -0.4 is 16.2 Å². The lowest BCUT2D eigenvalue weighted by Gasteiger charge is -2.38. The van der Waals surface area contributed by atoms with Crippen molar-refractivity contribution in [2.75, 3.05) is 18.5 Å². The van der Waals surface area contributed by atoms with Gasteiger partial charge in [0.2, 0.25) is 0 Å². The summed E-state index contributed by atoms with van der Waals surface area (Å²) in [5.41, 5.74) is 5.21. The molecule has 3 atom stereocenters. The van der Waals surface area contributed by atoms with Gasteiger partial charge in [-0.1, -0.05) is 18.1 Å². The fourth-order valence-electron chi connectivity index (χ4n) is 6.15. The third-order valence-corrected chi connectivity index (χ3v) is 8.61. The number of aliphatic carboxylic acids is 3. The van der Waals surface area contributed by atoms with Gasteiger partial charge in [0.25, 0.3) is 11.5 Å². The fraction of sp³-hybridized carbons (Fsp3) is 0.364. The number of carboxylic acids is 3. The van der Waals surface area contributed by atoms with Crippen molar-refractivity contribution in [2.45, 2.75) is 63.1 Å². The number of Topliss-reactive ketones (excluding diaryl/α,β-unsaturated/α-hetero) is 1. The first-order valence-corrected chi connectivity index (χ1v) is 14.8. The quantitative estimate of drug-likeness (QED) is 0.125. The summed E-state index contributed by atoms with van der Waals surface area (Å²) in [4.78, 5) is 85.8.